The van der Waals surface area contributed by atoms with Gasteiger partial charge in [-0.25, -0.2) is 0 Å². The molecule has 4 rings (SSSR count). The number of nitrogens with zero attached hydrogens (tertiary/aromatic N) is 2. The molecule has 1 unspecified atom stereocenters. The number of ether oxygens (including phenoxy) is 2. The Bertz CT molecular complexity index is 685. The summed E-state index contributed by atoms with van der Waals surface area (Å²) >= 11 is 0. The van der Waals surface area contributed by atoms with E-state index in [1.165, 1.54) is 32.1 Å². The molecule has 2 aliphatic heterocycles. The Kier molecular flexibility index (Phi) is 6.77. The summed E-state index contributed by atoms with van der Waals surface area (Å²) in [5.41, 5.74) is 1.08. The third-order valence-corrected chi connectivity index (χ3v) is 6.34. The standard InChI is InChI=1S/C22H34N4O3/c23-22(17-5-2-1-3-6-17)24-9-10-25-11-13-26(14-12-25)19-7-4-8-20-21(19)28-16-18(15-27)29-20/h4,7-8,17-18,27H,1-3,5-6,9-16H2,(H2,23,24). The highest BCUT2D eigenvalue weighted by Crippen LogP contribution is 2.40. The Balaban J connectivity index is 1.23. The number of aliphatic hydroxyl groups is 1. The van der Waals surface area contributed by atoms with Crippen LogP contribution in [0.4, 0.5) is 5.69 Å². The maximum atomic E-state index is 9.30. The fourth-order valence-electron chi connectivity index (χ4n) is 4.57. The first-order valence-corrected chi connectivity index (χ1v) is 11.1. The van der Waals surface area contributed by atoms with Gasteiger partial charge in [-0.15, -0.1) is 0 Å². The van der Waals surface area contributed by atoms with Crippen molar-refractivity contribution in [2.75, 3.05) is 57.4 Å². The minimum atomic E-state index is -0.283. The van der Waals surface area contributed by atoms with Crippen molar-refractivity contribution in [3.63, 3.8) is 0 Å². The molecule has 1 saturated carbocycles. The van der Waals surface area contributed by atoms with E-state index >= 15 is 0 Å². The molecule has 0 bridgehead atoms. The van der Waals surface area contributed by atoms with Gasteiger partial charge in [-0.3, -0.25) is 10.3 Å². The Labute approximate surface area is 173 Å². The second-order valence-corrected chi connectivity index (χ2v) is 8.34. The van der Waals surface area contributed by atoms with E-state index in [4.69, 9.17) is 14.9 Å². The van der Waals surface area contributed by atoms with Crippen LogP contribution in [0, 0.1) is 11.3 Å². The second-order valence-electron chi connectivity index (χ2n) is 8.34. The maximum absolute atomic E-state index is 9.30. The quantitative estimate of drug-likeness (QED) is 0.499. The molecular formula is C22H34N4O3. The highest BCUT2D eigenvalue weighted by atomic mass is 16.6. The third-order valence-electron chi connectivity index (χ3n) is 6.34. The fourth-order valence-corrected chi connectivity index (χ4v) is 4.57. The molecule has 0 amide bonds. The van der Waals surface area contributed by atoms with Crippen LogP contribution >= 0.6 is 0 Å². The molecule has 3 N–H and O–H groups in total. The highest BCUT2D eigenvalue weighted by Gasteiger charge is 2.26. The van der Waals surface area contributed by atoms with E-state index in [2.05, 4.69) is 21.2 Å². The lowest BCUT2D eigenvalue weighted by Gasteiger charge is -2.38. The molecule has 3 aliphatic rings. The molecule has 160 valence electrons. The van der Waals surface area contributed by atoms with Gasteiger partial charge in [-0.1, -0.05) is 25.3 Å². The minimum Gasteiger partial charge on any atom is -0.484 e. The highest BCUT2D eigenvalue weighted by molar-refractivity contribution is 5.81. The van der Waals surface area contributed by atoms with Crippen LogP contribution in [0.15, 0.2) is 18.2 Å². The van der Waals surface area contributed by atoms with Crippen molar-refractivity contribution in [1.29, 1.82) is 5.41 Å². The normalized spacial score (nSPS) is 23.1. The lowest BCUT2D eigenvalue weighted by Crippen LogP contribution is -2.49. The number of aliphatic hydroxyl groups excluding tert-OH is 1. The van der Waals surface area contributed by atoms with Crippen molar-refractivity contribution >= 4 is 11.5 Å². The van der Waals surface area contributed by atoms with Crippen LogP contribution in [-0.2, 0) is 0 Å². The molecule has 0 spiro atoms. The molecule has 1 aromatic carbocycles. The molecule has 1 aliphatic carbocycles. The van der Waals surface area contributed by atoms with Gasteiger partial charge >= 0.3 is 0 Å². The number of hydrogen-bond acceptors (Lipinski definition) is 6. The number of fused-ring (bicyclic) bond motifs is 1. The van der Waals surface area contributed by atoms with Gasteiger partial charge in [0.2, 0.25) is 0 Å². The molecule has 1 atom stereocenters. The average Bonchev–Trinajstić information content (AvgIpc) is 2.79. The van der Waals surface area contributed by atoms with Crippen LogP contribution < -0.4 is 19.7 Å². The zero-order valence-corrected chi connectivity index (χ0v) is 17.2. The predicted octanol–water partition coefficient (Wildman–Crippen LogP) is 2.09. The largest absolute Gasteiger partial charge is 0.484 e. The number of amidine groups is 1. The first-order chi connectivity index (χ1) is 14.2. The number of piperazine rings is 1. The van der Waals surface area contributed by atoms with Gasteiger partial charge in [0.1, 0.15) is 6.61 Å². The Morgan fingerprint density at radius 3 is 2.69 bits per heavy atom. The van der Waals surface area contributed by atoms with E-state index in [0.29, 0.717) is 12.5 Å². The van der Waals surface area contributed by atoms with Crippen molar-refractivity contribution in [2.45, 2.75) is 38.2 Å². The van der Waals surface area contributed by atoms with Gasteiger partial charge in [0.05, 0.1) is 18.1 Å². The van der Waals surface area contributed by atoms with E-state index in [-0.39, 0.29) is 12.7 Å². The van der Waals surface area contributed by atoms with Crippen LogP contribution in [0.3, 0.4) is 0 Å². The second kappa shape index (κ2) is 9.67. The van der Waals surface area contributed by atoms with Crippen molar-refractivity contribution in [1.82, 2.24) is 10.2 Å². The Hall–Kier alpha value is -1.99. The summed E-state index contributed by atoms with van der Waals surface area (Å²) in [6.45, 7) is 6.09. The SMILES string of the molecule is N=C(NCCN1CCN(c2cccc3c2OCC(CO)O3)CC1)C1CCCCC1. The summed E-state index contributed by atoms with van der Waals surface area (Å²) in [5.74, 6) is 2.73. The van der Waals surface area contributed by atoms with Crippen molar-refractivity contribution in [3.05, 3.63) is 18.2 Å². The Morgan fingerprint density at radius 2 is 1.93 bits per heavy atom. The summed E-state index contributed by atoms with van der Waals surface area (Å²) in [6.07, 6.45) is 5.95. The van der Waals surface area contributed by atoms with Crippen LogP contribution in [0.25, 0.3) is 0 Å². The van der Waals surface area contributed by atoms with Gasteiger partial charge < -0.3 is 24.8 Å². The monoisotopic (exact) mass is 402 g/mol. The van der Waals surface area contributed by atoms with Crippen LogP contribution in [0.5, 0.6) is 11.5 Å². The number of nitrogens with one attached hydrogen (secondary N) is 2. The minimum absolute atomic E-state index is 0.0331. The first kappa shape index (κ1) is 20.3. The molecule has 7 heteroatoms. The van der Waals surface area contributed by atoms with Gasteiger partial charge in [0.15, 0.2) is 17.6 Å². The number of anilines is 1. The van der Waals surface area contributed by atoms with Crippen molar-refractivity contribution < 1.29 is 14.6 Å². The average molecular weight is 403 g/mol. The van der Waals surface area contributed by atoms with Gasteiger partial charge in [-0.05, 0) is 25.0 Å². The molecule has 1 saturated heterocycles. The van der Waals surface area contributed by atoms with E-state index in [1.54, 1.807) is 0 Å². The molecule has 2 heterocycles. The first-order valence-electron chi connectivity index (χ1n) is 11.1. The number of para-hydroxylation sites is 1. The van der Waals surface area contributed by atoms with E-state index < -0.39 is 0 Å². The number of benzene rings is 1. The van der Waals surface area contributed by atoms with Crippen LogP contribution in [0.2, 0.25) is 0 Å². The summed E-state index contributed by atoms with van der Waals surface area (Å²) in [7, 11) is 0. The smallest absolute Gasteiger partial charge is 0.184 e. The fraction of sp³-hybridized carbons (Fsp3) is 0.682. The summed E-state index contributed by atoms with van der Waals surface area (Å²) in [6, 6.07) is 5.98. The van der Waals surface area contributed by atoms with Crippen LogP contribution in [0.1, 0.15) is 32.1 Å². The zero-order chi connectivity index (χ0) is 20.1. The predicted molar refractivity (Wildman–Crippen MR) is 114 cm³/mol. The van der Waals surface area contributed by atoms with Crippen LogP contribution in [-0.4, -0.2) is 74.4 Å². The van der Waals surface area contributed by atoms with Gasteiger partial charge in [0, 0.05) is 45.2 Å². The number of rotatable bonds is 6. The molecule has 29 heavy (non-hydrogen) atoms. The maximum Gasteiger partial charge on any atom is 0.184 e. The zero-order valence-electron chi connectivity index (χ0n) is 17.2. The third kappa shape index (κ3) is 4.95. The molecule has 0 aromatic heterocycles. The summed E-state index contributed by atoms with van der Waals surface area (Å²) < 4.78 is 11.7. The lowest BCUT2D eigenvalue weighted by molar-refractivity contribution is 0.0459. The van der Waals surface area contributed by atoms with Crippen molar-refractivity contribution in [3.8, 4) is 11.5 Å². The topological polar surface area (TPSA) is 81.1 Å². The van der Waals surface area contributed by atoms with E-state index in [0.717, 1.165) is 62.3 Å². The molecule has 7 nitrogen and oxygen atoms in total. The van der Waals surface area contributed by atoms with Crippen molar-refractivity contribution in [2.24, 2.45) is 5.92 Å². The summed E-state index contributed by atoms with van der Waals surface area (Å²) in [5, 5.41) is 21.0. The molecular weight excluding hydrogens is 368 g/mol. The molecule has 0 radical (unpaired) electrons. The van der Waals surface area contributed by atoms with Gasteiger partial charge in [-0.2, -0.15) is 0 Å². The number of hydrogen-bond donors (Lipinski definition) is 3. The van der Waals surface area contributed by atoms with Gasteiger partial charge in [0.25, 0.3) is 0 Å². The Morgan fingerprint density at radius 1 is 1.14 bits per heavy atom. The van der Waals surface area contributed by atoms with E-state index in [1.807, 2.05) is 12.1 Å². The lowest BCUT2D eigenvalue weighted by atomic mass is 9.88. The van der Waals surface area contributed by atoms with E-state index in [9.17, 15) is 5.11 Å². The molecule has 1 aromatic rings. The summed E-state index contributed by atoms with van der Waals surface area (Å²) in [4.78, 5) is 4.82. The molecule has 2 fully saturated rings.